The number of ether oxygens (including phenoxy) is 1. The molecular formula is C11H21NO2. The zero-order valence-electron chi connectivity index (χ0n) is 9.38. The van der Waals surface area contributed by atoms with E-state index in [9.17, 15) is 4.79 Å². The van der Waals surface area contributed by atoms with Crippen LogP contribution in [-0.4, -0.2) is 24.7 Å². The largest absolute Gasteiger partial charge is 0.466 e. The van der Waals surface area contributed by atoms with Gasteiger partial charge in [-0.25, -0.2) is 0 Å². The van der Waals surface area contributed by atoms with Crippen molar-refractivity contribution in [2.45, 2.75) is 52.1 Å². The Labute approximate surface area is 86.2 Å². The molecule has 0 bridgehead atoms. The lowest BCUT2D eigenvalue weighted by molar-refractivity contribution is -0.144. The monoisotopic (exact) mass is 199 g/mol. The van der Waals surface area contributed by atoms with E-state index >= 15 is 0 Å². The van der Waals surface area contributed by atoms with Gasteiger partial charge in [-0.3, -0.25) is 4.79 Å². The number of hydrogen-bond acceptors (Lipinski definition) is 3. The number of carbonyl (C=O) groups excluding carboxylic acids is 1. The lowest BCUT2D eigenvalue weighted by Crippen LogP contribution is -2.37. The smallest absolute Gasteiger partial charge is 0.307 e. The summed E-state index contributed by atoms with van der Waals surface area (Å²) < 4.78 is 4.95. The predicted octanol–water partition coefficient (Wildman–Crippen LogP) is 1.72. The highest BCUT2D eigenvalue weighted by molar-refractivity contribution is 5.70. The van der Waals surface area contributed by atoms with Gasteiger partial charge in [0.25, 0.3) is 0 Å². The molecule has 14 heavy (non-hydrogen) atoms. The fourth-order valence-corrected chi connectivity index (χ4v) is 1.44. The summed E-state index contributed by atoms with van der Waals surface area (Å²) in [5, 5.41) is 3.48. The quantitative estimate of drug-likeness (QED) is 0.662. The molecule has 0 aromatic carbocycles. The molecule has 0 saturated heterocycles. The SMILES string of the molecule is CCOC(=O)C[C@@H](NC1CC1)C(C)C. The molecule has 0 radical (unpaired) electrons. The molecule has 1 N–H and O–H groups in total. The van der Waals surface area contributed by atoms with Crippen LogP contribution in [0.4, 0.5) is 0 Å². The molecule has 0 heterocycles. The van der Waals surface area contributed by atoms with Crippen LogP contribution in [0.25, 0.3) is 0 Å². The van der Waals surface area contributed by atoms with Crippen LogP contribution in [0.5, 0.6) is 0 Å². The topological polar surface area (TPSA) is 38.3 Å². The highest BCUT2D eigenvalue weighted by Crippen LogP contribution is 2.22. The zero-order chi connectivity index (χ0) is 10.6. The maximum atomic E-state index is 11.3. The van der Waals surface area contributed by atoms with Crippen molar-refractivity contribution >= 4 is 5.97 Å². The summed E-state index contributed by atoms with van der Waals surface area (Å²) in [5.41, 5.74) is 0. The Morgan fingerprint density at radius 1 is 1.50 bits per heavy atom. The van der Waals surface area contributed by atoms with Crippen molar-refractivity contribution < 1.29 is 9.53 Å². The standard InChI is InChI=1S/C11H21NO2/c1-4-14-11(13)7-10(8(2)3)12-9-5-6-9/h8-10,12H,4-7H2,1-3H3/t10-/m1/s1. The van der Waals surface area contributed by atoms with Crippen LogP contribution in [0.15, 0.2) is 0 Å². The van der Waals surface area contributed by atoms with E-state index < -0.39 is 0 Å². The fourth-order valence-electron chi connectivity index (χ4n) is 1.44. The summed E-state index contributed by atoms with van der Waals surface area (Å²) in [6.07, 6.45) is 3.01. The molecule has 1 saturated carbocycles. The first-order chi connectivity index (χ1) is 6.63. The highest BCUT2D eigenvalue weighted by atomic mass is 16.5. The molecule has 0 amide bonds. The third-order valence-corrected chi connectivity index (χ3v) is 2.52. The number of hydrogen-bond donors (Lipinski definition) is 1. The fraction of sp³-hybridized carbons (Fsp3) is 0.909. The molecule has 1 fully saturated rings. The Morgan fingerprint density at radius 2 is 2.14 bits per heavy atom. The summed E-state index contributed by atoms with van der Waals surface area (Å²) in [6.45, 7) is 6.60. The molecule has 0 aromatic heterocycles. The highest BCUT2D eigenvalue weighted by Gasteiger charge is 2.27. The number of nitrogens with one attached hydrogen (secondary N) is 1. The Bertz CT molecular complexity index is 188. The van der Waals surface area contributed by atoms with E-state index in [-0.39, 0.29) is 12.0 Å². The molecule has 0 spiro atoms. The van der Waals surface area contributed by atoms with Gasteiger partial charge < -0.3 is 10.1 Å². The van der Waals surface area contributed by atoms with Gasteiger partial charge in [0.2, 0.25) is 0 Å². The Hall–Kier alpha value is -0.570. The van der Waals surface area contributed by atoms with Crippen molar-refractivity contribution in [3.63, 3.8) is 0 Å². The predicted molar refractivity (Wildman–Crippen MR) is 56.0 cm³/mol. The molecule has 0 unspecified atom stereocenters. The van der Waals surface area contributed by atoms with E-state index in [1.165, 1.54) is 12.8 Å². The minimum Gasteiger partial charge on any atom is -0.466 e. The minimum absolute atomic E-state index is 0.0839. The van der Waals surface area contributed by atoms with Gasteiger partial charge >= 0.3 is 5.97 Å². The molecule has 3 nitrogen and oxygen atoms in total. The molecule has 3 heteroatoms. The second-order valence-corrected chi connectivity index (χ2v) is 4.30. The van der Waals surface area contributed by atoms with Crippen LogP contribution in [0.1, 0.15) is 40.0 Å². The lowest BCUT2D eigenvalue weighted by atomic mass is 10.0. The zero-order valence-corrected chi connectivity index (χ0v) is 9.38. The third kappa shape index (κ3) is 4.09. The normalized spacial score (nSPS) is 18.3. The number of esters is 1. The van der Waals surface area contributed by atoms with Crippen LogP contribution < -0.4 is 5.32 Å². The van der Waals surface area contributed by atoms with E-state index in [4.69, 9.17) is 4.74 Å². The Morgan fingerprint density at radius 3 is 2.57 bits per heavy atom. The van der Waals surface area contributed by atoms with E-state index in [2.05, 4.69) is 19.2 Å². The average molecular weight is 199 g/mol. The van der Waals surface area contributed by atoms with Gasteiger partial charge in [-0.05, 0) is 25.7 Å². The first-order valence-electron chi connectivity index (χ1n) is 5.55. The maximum Gasteiger partial charge on any atom is 0.307 e. The number of rotatable bonds is 6. The first kappa shape index (κ1) is 11.5. The van der Waals surface area contributed by atoms with Crippen molar-refractivity contribution in [2.75, 3.05) is 6.61 Å². The van der Waals surface area contributed by atoms with E-state index in [0.717, 1.165) is 0 Å². The lowest BCUT2D eigenvalue weighted by Gasteiger charge is -2.21. The van der Waals surface area contributed by atoms with E-state index in [0.29, 0.717) is 25.0 Å². The molecule has 1 rings (SSSR count). The second-order valence-electron chi connectivity index (χ2n) is 4.30. The van der Waals surface area contributed by atoms with Crippen molar-refractivity contribution in [1.82, 2.24) is 5.32 Å². The van der Waals surface area contributed by atoms with E-state index in [1.54, 1.807) is 0 Å². The molecule has 0 aliphatic heterocycles. The van der Waals surface area contributed by atoms with Gasteiger partial charge in [0.1, 0.15) is 0 Å². The molecule has 1 aliphatic carbocycles. The molecular weight excluding hydrogens is 178 g/mol. The summed E-state index contributed by atoms with van der Waals surface area (Å²) in [4.78, 5) is 11.3. The van der Waals surface area contributed by atoms with Crippen molar-refractivity contribution in [3.05, 3.63) is 0 Å². The number of carbonyl (C=O) groups is 1. The van der Waals surface area contributed by atoms with Gasteiger partial charge in [0.05, 0.1) is 13.0 Å². The summed E-state index contributed by atoms with van der Waals surface area (Å²) >= 11 is 0. The minimum atomic E-state index is -0.0839. The van der Waals surface area contributed by atoms with Crippen molar-refractivity contribution in [1.29, 1.82) is 0 Å². The van der Waals surface area contributed by atoms with Crippen LogP contribution in [0.3, 0.4) is 0 Å². The Kier molecular flexibility index (Phi) is 4.39. The van der Waals surface area contributed by atoms with Crippen LogP contribution >= 0.6 is 0 Å². The average Bonchev–Trinajstić information content (AvgIpc) is 2.87. The van der Waals surface area contributed by atoms with Crippen LogP contribution in [0, 0.1) is 5.92 Å². The third-order valence-electron chi connectivity index (χ3n) is 2.52. The maximum absolute atomic E-state index is 11.3. The van der Waals surface area contributed by atoms with E-state index in [1.807, 2.05) is 6.92 Å². The molecule has 1 aliphatic rings. The van der Waals surface area contributed by atoms with Crippen molar-refractivity contribution in [3.8, 4) is 0 Å². The van der Waals surface area contributed by atoms with Crippen molar-refractivity contribution in [2.24, 2.45) is 5.92 Å². The summed E-state index contributed by atoms with van der Waals surface area (Å²) in [5.74, 6) is 0.402. The second kappa shape index (κ2) is 5.35. The molecule has 82 valence electrons. The van der Waals surface area contributed by atoms with Crippen LogP contribution in [-0.2, 0) is 9.53 Å². The molecule has 0 aromatic rings. The van der Waals surface area contributed by atoms with Gasteiger partial charge in [-0.2, -0.15) is 0 Å². The van der Waals surface area contributed by atoms with Crippen LogP contribution in [0.2, 0.25) is 0 Å². The van der Waals surface area contributed by atoms with Gasteiger partial charge in [-0.1, -0.05) is 13.8 Å². The molecule has 1 atom stereocenters. The Balaban J connectivity index is 2.29. The summed E-state index contributed by atoms with van der Waals surface area (Å²) in [7, 11) is 0. The summed E-state index contributed by atoms with van der Waals surface area (Å²) in [6, 6.07) is 0.929. The first-order valence-corrected chi connectivity index (χ1v) is 5.55. The van der Waals surface area contributed by atoms with Gasteiger partial charge in [-0.15, -0.1) is 0 Å². The van der Waals surface area contributed by atoms with Gasteiger partial charge in [0.15, 0.2) is 0 Å². The van der Waals surface area contributed by atoms with Gasteiger partial charge in [0, 0.05) is 12.1 Å².